The van der Waals surface area contributed by atoms with E-state index in [4.69, 9.17) is 10.5 Å². The minimum absolute atomic E-state index is 0.00561. The number of alkyl halides is 2. The van der Waals surface area contributed by atoms with Crippen LogP contribution in [-0.4, -0.2) is 62.3 Å². The van der Waals surface area contributed by atoms with Gasteiger partial charge < -0.3 is 20.5 Å². The summed E-state index contributed by atoms with van der Waals surface area (Å²) in [5.41, 5.74) is 2.27. The second kappa shape index (κ2) is 7.03. The molecule has 0 saturated carbocycles. The summed E-state index contributed by atoms with van der Waals surface area (Å²) in [5, 5.41) is 14.6. The fourth-order valence-corrected chi connectivity index (χ4v) is 3.68. The molecular formula is C22H22F2N4O4. The molecule has 0 bridgehead atoms. The highest BCUT2D eigenvalue weighted by Gasteiger charge is 2.54. The van der Waals surface area contributed by atoms with Gasteiger partial charge in [0.15, 0.2) is 11.3 Å². The number of carbonyl (C=O) groups is 2. The van der Waals surface area contributed by atoms with Gasteiger partial charge in [0.2, 0.25) is 11.5 Å². The van der Waals surface area contributed by atoms with Crippen LogP contribution < -0.4 is 10.5 Å². The fourth-order valence-electron chi connectivity index (χ4n) is 3.68. The first kappa shape index (κ1) is 21.8. The van der Waals surface area contributed by atoms with Crippen LogP contribution in [0.2, 0.25) is 0 Å². The molecule has 2 amide bonds. The molecule has 8 nitrogen and oxygen atoms in total. The highest BCUT2D eigenvalue weighted by molar-refractivity contribution is 5.93. The summed E-state index contributed by atoms with van der Waals surface area (Å²) in [5.74, 6) is 0.769. The molecule has 0 unspecified atom stereocenters. The minimum atomic E-state index is -3.23. The van der Waals surface area contributed by atoms with Crippen LogP contribution in [0.15, 0.2) is 24.3 Å². The zero-order chi connectivity index (χ0) is 23.5. The van der Waals surface area contributed by atoms with Gasteiger partial charge >= 0.3 is 0 Å². The van der Waals surface area contributed by atoms with Gasteiger partial charge in [-0.3, -0.25) is 9.59 Å². The Labute approximate surface area is 182 Å². The summed E-state index contributed by atoms with van der Waals surface area (Å²) in [6.07, 6.45) is -0.545. The van der Waals surface area contributed by atoms with E-state index >= 15 is 0 Å². The number of carbonyl (C=O) groups excluding carboxylic acids is 2. The molecule has 4 rings (SSSR count). The van der Waals surface area contributed by atoms with Crippen LogP contribution in [0.5, 0.6) is 5.88 Å². The number of primary amides is 1. The van der Waals surface area contributed by atoms with Crippen LogP contribution in [0.25, 0.3) is 5.69 Å². The maximum atomic E-state index is 14.5. The molecule has 1 aromatic carbocycles. The second-order valence-corrected chi connectivity index (χ2v) is 8.54. The number of rotatable bonds is 2. The summed E-state index contributed by atoms with van der Waals surface area (Å²) in [6.45, 7) is 2.92. The van der Waals surface area contributed by atoms with E-state index in [0.717, 1.165) is 0 Å². The van der Waals surface area contributed by atoms with Gasteiger partial charge in [-0.25, -0.2) is 8.78 Å². The molecule has 3 heterocycles. The second-order valence-electron chi connectivity index (χ2n) is 8.54. The molecule has 1 aromatic heterocycles. The third-order valence-electron chi connectivity index (χ3n) is 5.82. The number of hydrogen-bond donors (Lipinski definition) is 2. The zero-order valence-corrected chi connectivity index (χ0v) is 17.8. The van der Waals surface area contributed by atoms with Crippen molar-refractivity contribution < 1.29 is 28.2 Å². The molecule has 0 aliphatic carbocycles. The lowest BCUT2D eigenvalue weighted by Crippen LogP contribution is -2.52. The molecule has 2 aromatic rings. The zero-order valence-electron chi connectivity index (χ0n) is 17.8. The number of benzene rings is 1. The number of nitrogens with two attached hydrogens (primary N) is 1. The average molecular weight is 444 g/mol. The van der Waals surface area contributed by atoms with Gasteiger partial charge in [-0.05, 0) is 32.0 Å². The van der Waals surface area contributed by atoms with Gasteiger partial charge in [0.25, 0.3) is 17.7 Å². The summed E-state index contributed by atoms with van der Waals surface area (Å²) < 4.78 is 35.9. The number of likely N-dealkylation sites (tertiary alicyclic amines) is 1. The average Bonchev–Trinajstić information content (AvgIpc) is 3.19. The highest BCUT2D eigenvalue weighted by Crippen LogP contribution is 2.45. The van der Waals surface area contributed by atoms with E-state index in [1.165, 1.54) is 23.4 Å². The molecule has 2 aliphatic heterocycles. The van der Waals surface area contributed by atoms with Gasteiger partial charge in [0.05, 0.1) is 11.3 Å². The molecule has 1 fully saturated rings. The molecule has 1 saturated heterocycles. The standard InChI is InChI=1S/C22H22F2N4O4/c1-20(2)22(23,24)12-15-16(17(25)29)26-28(18(15)32-20)14-6-4-5-13(11-14)7-8-21(31)9-10-27(3)19(21)30/h4-6,11,31H,9-10,12H2,1-3H3,(H2,25,29)/t21-/m0/s1. The molecule has 2 aliphatic rings. The first-order valence-electron chi connectivity index (χ1n) is 9.95. The number of nitrogens with zero attached hydrogens (tertiary/aromatic N) is 3. The van der Waals surface area contributed by atoms with Gasteiger partial charge in [-0.2, -0.15) is 9.78 Å². The SMILES string of the molecule is CN1CC[C@@](O)(C#Cc2cccc(-n3nc(C(N)=O)c4c3OC(C)(C)C(F)(F)C4)c2)C1=O. The molecule has 1 atom stereocenters. The van der Waals surface area contributed by atoms with Crippen molar-refractivity contribution in [2.75, 3.05) is 13.6 Å². The van der Waals surface area contributed by atoms with Gasteiger partial charge in [0.1, 0.15) is 0 Å². The summed E-state index contributed by atoms with van der Waals surface area (Å²) >= 11 is 0. The van der Waals surface area contributed by atoms with E-state index in [1.54, 1.807) is 31.3 Å². The van der Waals surface area contributed by atoms with Gasteiger partial charge in [-0.15, -0.1) is 0 Å². The van der Waals surface area contributed by atoms with Gasteiger partial charge in [-0.1, -0.05) is 17.9 Å². The number of likely N-dealkylation sites (N-methyl/N-ethyl adjacent to an activating group) is 1. The Kier molecular flexibility index (Phi) is 4.78. The van der Waals surface area contributed by atoms with Crippen molar-refractivity contribution in [3.05, 3.63) is 41.1 Å². The van der Waals surface area contributed by atoms with Crippen LogP contribution in [0, 0.1) is 11.8 Å². The van der Waals surface area contributed by atoms with Crippen LogP contribution in [0.4, 0.5) is 8.78 Å². The van der Waals surface area contributed by atoms with Crippen molar-refractivity contribution in [3.8, 4) is 23.4 Å². The number of ether oxygens (including phenoxy) is 1. The van der Waals surface area contributed by atoms with Crippen molar-refractivity contribution in [1.29, 1.82) is 0 Å². The topological polar surface area (TPSA) is 111 Å². The van der Waals surface area contributed by atoms with Crippen LogP contribution in [0.1, 0.15) is 41.9 Å². The predicted molar refractivity (Wildman–Crippen MR) is 110 cm³/mol. The van der Waals surface area contributed by atoms with Crippen LogP contribution >= 0.6 is 0 Å². The fraction of sp³-hybridized carbons (Fsp3) is 0.409. The third kappa shape index (κ3) is 3.39. The van der Waals surface area contributed by atoms with E-state index in [2.05, 4.69) is 16.9 Å². The maximum Gasteiger partial charge on any atom is 0.290 e. The number of aromatic nitrogens is 2. The van der Waals surface area contributed by atoms with Crippen molar-refractivity contribution in [2.24, 2.45) is 5.73 Å². The molecule has 3 N–H and O–H groups in total. The van der Waals surface area contributed by atoms with Crippen molar-refractivity contribution >= 4 is 11.8 Å². The number of aliphatic hydroxyl groups is 1. The van der Waals surface area contributed by atoms with Crippen molar-refractivity contribution in [2.45, 2.75) is 43.8 Å². The minimum Gasteiger partial charge on any atom is -0.465 e. The van der Waals surface area contributed by atoms with Crippen molar-refractivity contribution in [1.82, 2.24) is 14.7 Å². The number of amides is 2. The van der Waals surface area contributed by atoms with Crippen LogP contribution in [-0.2, 0) is 11.2 Å². The Morgan fingerprint density at radius 1 is 1.34 bits per heavy atom. The Balaban J connectivity index is 1.76. The molecule has 168 valence electrons. The largest absolute Gasteiger partial charge is 0.465 e. The number of hydrogen-bond acceptors (Lipinski definition) is 5. The summed E-state index contributed by atoms with van der Waals surface area (Å²) in [4.78, 5) is 25.4. The first-order valence-corrected chi connectivity index (χ1v) is 9.95. The Bertz CT molecular complexity index is 1190. The van der Waals surface area contributed by atoms with Crippen molar-refractivity contribution in [3.63, 3.8) is 0 Å². The first-order chi connectivity index (χ1) is 14.8. The lowest BCUT2D eigenvalue weighted by molar-refractivity contribution is -0.159. The third-order valence-corrected chi connectivity index (χ3v) is 5.82. The molecule has 32 heavy (non-hydrogen) atoms. The van der Waals surface area contributed by atoms with E-state index in [0.29, 0.717) is 17.8 Å². The van der Waals surface area contributed by atoms with Crippen LogP contribution in [0.3, 0.4) is 0 Å². The summed E-state index contributed by atoms with van der Waals surface area (Å²) in [7, 11) is 1.59. The Morgan fingerprint density at radius 2 is 2.06 bits per heavy atom. The molecule has 10 heteroatoms. The van der Waals surface area contributed by atoms with Gasteiger partial charge in [0, 0.05) is 32.0 Å². The number of fused-ring (bicyclic) bond motifs is 1. The normalized spacial score (nSPS) is 23.2. The molecule has 0 radical (unpaired) electrons. The smallest absolute Gasteiger partial charge is 0.290 e. The predicted octanol–water partition coefficient (Wildman–Crippen LogP) is 1.26. The monoisotopic (exact) mass is 444 g/mol. The lowest BCUT2D eigenvalue weighted by Gasteiger charge is -2.38. The Morgan fingerprint density at radius 3 is 2.69 bits per heavy atom. The lowest BCUT2D eigenvalue weighted by atomic mass is 9.91. The van der Waals surface area contributed by atoms with E-state index < -0.39 is 35.4 Å². The van der Waals surface area contributed by atoms with E-state index in [9.17, 15) is 23.5 Å². The Hall–Kier alpha value is -3.45. The summed E-state index contributed by atoms with van der Waals surface area (Å²) in [6, 6.07) is 6.52. The molecule has 0 spiro atoms. The van der Waals surface area contributed by atoms with E-state index in [1.807, 2.05) is 0 Å². The number of halogens is 2. The maximum absolute atomic E-state index is 14.5. The van der Waals surface area contributed by atoms with E-state index in [-0.39, 0.29) is 23.6 Å². The quantitative estimate of drug-likeness (QED) is 0.678. The highest BCUT2D eigenvalue weighted by atomic mass is 19.3. The molecular weight excluding hydrogens is 422 g/mol.